The molecule has 21 heavy (non-hydrogen) atoms. The normalized spacial score (nSPS) is 17.4. The van der Waals surface area contributed by atoms with Crippen LogP contribution in [0.25, 0.3) is 0 Å². The van der Waals surface area contributed by atoms with Gasteiger partial charge in [-0.1, -0.05) is 15.9 Å². The standard InChI is InChI=1S/C14H21BrN2O2S.ClH/c15-13-1-3-14(4-2-13)20(18,19)10-9-17-7-5-12(11-16)6-8-17;/h1-4,12H,5-11,16H2;1H. The minimum Gasteiger partial charge on any atom is -0.330 e. The van der Waals surface area contributed by atoms with Crippen LogP contribution in [0.2, 0.25) is 0 Å². The minimum absolute atomic E-state index is 0. The lowest BCUT2D eigenvalue weighted by molar-refractivity contribution is 0.196. The number of nitrogens with two attached hydrogens (primary N) is 1. The molecule has 0 bridgehead atoms. The first-order valence-corrected chi connectivity index (χ1v) is 9.36. The van der Waals surface area contributed by atoms with Crippen molar-refractivity contribution in [3.05, 3.63) is 28.7 Å². The van der Waals surface area contributed by atoms with Crippen molar-refractivity contribution in [3.8, 4) is 0 Å². The molecular weight excluding hydrogens is 376 g/mol. The zero-order valence-corrected chi connectivity index (χ0v) is 15.1. The summed E-state index contributed by atoms with van der Waals surface area (Å²) in [5.41, 5.74) is 5.66. The van der Waals surface area contributed by atoms with E-state index in [1.807, 2.05) is 0 Å². The van der Waals surface area contributed by atoms with Gasteiger partial charge in [-0.3, -0.25) is 0 Å². The molecular formula is C14H22BrClN2O2S. The van der Waals surface area contributed by atoms with E-state index in [0.717, 1.165) is 36.9 Å². The Kier molecular flexibility index (Phi) is 7.64. The highest BCUT2D eigenvalue weighted by Crippen LogP contribution is 2.18. The number of halogens is 2. The molecule has 1 heterocycles. The molecule has 0 aromatic heterocycles. The average Bonchev–Trinajstić information content (AvgIpc) is 2.46. The third-order valence-electron chi connectivity index (χ3n) is 3.89. The van der Waals surface area contributed by atoms with Crippen molar-refractivity contribution in [3.63, 3.8) is 0 Å². The van der Waals surface area contributed by atoms with Gasteiger partial charge in [-0.15, -0.1) is 12.4 Å². The van der Waals surface area contributed by atoms with E-state index in [1.165, 1.54) is 0 Å². The Morgan fingerprint density at radius 1 is 1.19 bits per heavy atom. The smallest absolute Gasteiger partial charge is 0.179 e. The van der Waals surface area contributed by atoms with Gasteiger partial charge in [0.2, 0.25) is 0 Å². The van der Waals surface area contributed by atoms with E-state index in [2.05, 4.69) is 20.8 Å². The highest BCUT2D eigenvalue weighted by atomic mass is 79.9. The number of nitrogens with zero attached hydrogens (tertiary/aromatic N) is 1. The van der Waals surface area contributed by atoms with Crippen LogP contribution in [0.4, 0.5) is 0 Å². The van der Waals surface area contributed by atoms with Crippen LogP contribution < -0.4 is 5.73 Å². The van der Waals surface area contributed by atoms with E-state index in [4.69, 9.17) is 5.73 Å². The van der Waals surface area contributed by atoms with Gasteiger partial charge in [-0.2, -0.15) is 0 Å². The predicted octanol–water partition coefficient (Wildman–Crippen LogP) is 2.32. The van der Waals surface area contributed by atoms with E-state index in [-0.39, 0.29) is 18.2 Å². The van der Waals surface area contributed by atoms with Gasteiger partial charge in [0.15, 0.2) is 9.84 Å². The van der Waals surface area contributed by atoms with Gasteiger partial charge in [0.1, 0.15) is 0 Å². The lowest BCUT2D eigenvalue weighted by Gasteiger charge is -2.31. The number of hydrogen-bond acceptors (Lipinski definition) is 4. The molecule has 2 rings (SSSR count). The Morgan fingerprint density at radius 2 is 1.76 bits per heavy atom. The van der Waals surface area contributed by atoms with Crippen LogP contribution in [0.5, 0.6) is 0 Å². The summed E-state index contributed by atoms with van der Waals surface area (Å²) in [6.45, 7) is 3.26. The Balaban J connectivity index is 0.00000220. The third-order valence-corrected chi connectivity index (χ3v) is 6.13. The first kappa shape index (κ1) is 18.9. The fourth-order valence-corrected chi connectivity index (χ4v) is 4.00. The zero-order valence-electron chi connectivity index (χ0n) is 11.9. The second-order valence-electron chi connectivity index (χ2n) is 5.29. The molecule has 120 valence electrons. The maximum Gasteiger partial charge on any atom is 0.179 e. The predicted molar refractivity (Wildman–Crippen MR) is 91.7 cm³/mol. The topological polar surface area (TPSA) is 63.4 Å². The molecule has 1 fully saturated rings. The number of piperidine rings is 1. The minimum atomic E-state index is -3.18. The Labute approximate surface area is 141 Å². The molecule has 0 aliphatic carbocycles. The molecule has 0 unspecified atom stereocenters. The Bertz CT molecular complexity index is 528. The van der Waals surface area contributed by atoms with Gasteiger partial charge in [-0.25, -0.2) is 8.42 Å². The van der Waals surface area contributed by atoms with Crippen LogP contribution in [-0.2, 0) is 9.84 Å². The number of rotatable bonds is 5. The van der Waals surface area contributed by atoms with Crippen molar-refractivity contribution >= 4 is 38.2 Å². The largest absolute Gasteiger partial charge is 0.330 e. The van der Waals surface area contributed by atoms with E-state index in [1.54, 1.807) is 24.3 Å². The van der Waals surface area contributed by atoms with E-state index in [9.17, 15) is 8.42 Å². The van der Waals surface area contributed by atoms with Gasteiger partial charge in [0, 0.05) is 11.0 Å². The summed E-state index contributed by atoms with van der Waals surface area (Å²) in [6.07, 6.45) is 2.16. The summed E-state index contributed by atoms with van der Waals surface area (Å²) in [6, 6.07) is 6.83. The fraction of sp³-hybridized carbons (Fsp3) is 0.571. The Morgan fingerprint density at radius 3 is 2.29 bits per heavy atom. The summed E-state index contributed by atoms with van der Waals surface area (Å²) in [4.78, 5) is 2.63. The highest BCUT2D eigenvalue weighted by molar-refractivity contribution is 9.10. The molecule has 1 aromatic rings. The molecule has 2 N–H and O–H groups in total. The van der Waals surface area contributed by atoms with Crippen molar-refractivity contribution in [2.45, 2.75) is 17.7 Å². The van der Waals surface area contributed by atoms with Gasteiger partial charge >= 0.3 is 0 Å². The van der Waals surface area contributed by atoms with Gasteiger partial charge in [0.05, 0.1) is 10.6 Å². The van der Waals surface area contributed by atoms with Crippen LogP contribution in [-0.4, -0.2) is 45.2 Å². The molecule has 1 saturated heterocycles. The number of benzene rings is 1. The zero-order chi connectivity index (χ0) is 14.6. The average molecular weight is 398 g/mol. The summed E-state index contributed by atoms with van der Waals surface area (Å²) < 4.78 is 25.4. The fourth-order valence-electron chi connectivity index (χ4n) is 2.45. The quantitative estimate of drug-likeness (QED) is 0.828. The van der Waals surface area contributed by atoms with Crippen molar-refractivity contribution in [2.75, 3.05) is 31.9 Å². The molecule has 0 radical (unpaired) electrons. The molecule has 1 aliphatic heterocycles. The maximum absolute atomic E-state index is 12.2. The molecule has 0 atom stereocenters. The van der Waals surface area contributed by atoms with Crippen molar-refractivity contribution in [2.24, 2.45) is 11.7 Å². The van der Waals surface area contributed by atoms with Crippen molar-refractivity contribution in [1.82, 2.24) is 4.90 Å². The highest BCUT2D eigenvalue weighted by Gasteiger charge is 2.21. The van der Waals surface area contributed by atoms with Gasteiger partial charge in [0.25, 0.3) is 0 Å². The lowest BCUT2D eigenvalue weighted by atomic mass is 9.97. The molecule has 0 spiro atoms. The summed E-state index contributed by atoms with van der Waals surface area (Å²) in [5.74, 6) is 0.788. The molecule has 1 aliphatic rings. The second kappa shape index (κ2) is 8.48. The summed E-state index contributed by atoms with van der Waals surface area (Å²) in [5, 5.41) is 0. The Hall–Kier alpha value is -0.140. The van der Waals surface area contributed by atoms with E-state index >= 15 is 0 Å². The number of hydrogen-bond donors (Lipinski definition) is 1. The van der Waals surface area contributed by atoms with Crippen LogP contribution >= 0.6 is 28.3 Å². The second-order valence-corrected chi connectivity index (χ2v) is 8.32. The van der Waals surface area contributed by atoms with E-state index in [0.29, 0.717) is 17.4 Å². The summed E-state index contributed by atoms with van der Waals surface area (Å²) >= 11 is 3.31. The first-order chi connectivity index (χ1) is 9.51. The number of sulfone groups is 1. The molecule has 7 heteroatoms. The van der Waals surface area contributed by atoms with Gasteiger partial charge < -0.3 is 10.6 Å². The summed E-state index contributed by atoms with van der Waals surface area (Å²) in [7, 11) is -3.18. The SMILES string of the molecule is Cl.NCC1CCN(CCS(=O)(=O)c2ccc(Br)cc2)CC1. The monoisotopic (exact) mass is 396 g/mol. The molecule has 1 aromatic carbocycles. The maximum atomic E-state index is 12.2. The van der Waals surface area contributed by atoms with Crippen molar-refractivity contribution in [1.29, 1.82) is 0 Å². The number of likely N-dealkylation sites (tertiary alicyclic amines) is 1. The lowest BCUT2D eigenvalue weighted by Crippen LogP contribution is -2.38. The van der Waals surface area contributed by atoms with Crippen LogP contribution in [0.15, 0.2) is 33.6 Å². The van der Waals surface area contributed by atoms with Crippen molar-refractivity contribution < 1.29 is 8.42 Å². The molecule has 4 nitrogen and oxygen atoms in total. The van der Waals surface area contributed by atoms with E-state index < -0.39 is 9.84 Å². The third kappa shape index (κ3) is 5.53. The van der Waals surface area contributed by atoms with Crippen LogP contribution in [0, 0.1) is 5.92 Å². The molecule has 0 saturated carbocycles. The van der Waals surface area contributed by atoms with Crippen LogP contribution in [0.1, 0.15) is 12.8 Å². The van der Waals surface area contributed by atoms with Gasteiger partial charge in [-0.05, 0) is 62.7 Å². The first-order valence-electron chi connectivity index (χ1n) is 6.92. The van der Waals surface area contributed by atoms with Crippen LogP contribution in [0.3, 0.4) is 0 Å². The molecule has 0 amide bonds.